The van der Waals surface area contributed by atoms with Crippen molar-refractivity contribution in [1.82, 2.24) is 9.29 Å². The number of hydrogen-bond acceptors (Lipinski definition) is 4. The van der Waals surface area contributed by atoms with Crippen LogP contribution in [0.25, 0.3) is 0 Å². The molecule has 2 heterocycles. The van der Waals surface area contributed by atoms with Crippen LogP contribution in [-0.4, -0.2) is 24.3 Å². The van der Waals surface area contributed by atoms with E-state index in [0.29, 0.717) is 6.54 Å². The Morgan fingerprint density at radius 1 is 1.43 bits per heavy atom. The zero-order valence-electron chi connectivity index (χ0n) is 11.9. The molecule has 6 heteroatoms. The van der Waals surface area contributed by atoms with Gasteiger partial charge in [0.2, 0.25) is 10.0 Å². The van der Waals surface area contributed by atoms with E-state index in [1.807, 2.05) is 36.6 Å². The number of nitrogens with zero attached hydrogens (tertiary/aromatic N) is 2. The van der Waals surface area contributed by atoms with E-state index in [0.717, 1.165) is 29.0 Å². The molecule has 21 heavy (non-hydrogen) atoms. The highest BCUT2D eigenvalue weighted by molar-refractivity contribution is 7.88. The summed E-state index contributed by atoms with van der Waals surface area (Å²) in [6.45, 7) is 2.57. The molecular formula is C15H18N2O2S2. The number of sulfonamides is 1. The fourth-order valence-corrected chi connectivity index (χ4v) is 5.43. The molecule has 1 aromatic heterocycles. The number of hydrogen-bond donors (Lipinski definition) is 0. The second kappa shape index (κ2) is 5.87. The molecule has 0 radical (unpaired) electrons. The zero-order chi connectivity index (χ0) is 14.9. The zero-order valence-corrected chi connectivity index (χ0v) is 13.5. The molecule has 2 aromatic rings. The normalized spacial score (nSPS) is 20.0. The predicted octanol–water partition coefficient (Wildman–Crippen LogP) is 3.12. The van der Waals surface area contributed by atoms with Crippen molar-refractivity contribution in [1.29, 1.82) is 0 Å². The van der Waals surface area contributed by atoms with E-state index >= 15 is 0 Å². The quantitative estimate of drug-likeness (QED) is 0.869. The molecule has 4 nitrogen and oxygen atoms in total. The summed E-state index contributed by atoms with van der Waals surface area (Å²) in [5.41, 5.74) is 1.93. The maximum atomic E-state index is 12.7. The van der Waals surface area contributed by atoms with Crippen LogP contribution in [0.2, 0.25) is 0 Å². The molecule has 0 bridgehead atoms. The van der Waals surface area contributed by atoms with Gasteiger partial charge in [0, 0.05) is 18.1 Å². The number of aromatic nitrogens is 1. The van der Waals surface area contributed by atoms with Gasteiger partial charge in [0.15, 0.2) is 0 Å². The highest BCUT2D eigenvalue weighted by atomic mass is 32.2. The van der Waals surface area contributed by atoms with Crippen molar-refractivity contribution in [3.63, 3.8) is 0 Å². The van der Waals surface area contributed by atoms with Gasteiger partial charge in [-0.1, -0.05) is 29.8 Å². The molecular weight excluding hydrogens is 304 g/mol. The van der Waals surface area contributed by atoms with Crippen LogP contribution in [0.5, 0.6) is 0 Å². The van der Waals surface area contributed by atoms with Crippen molar-refractivity contribution in [2.24, 2.45) is 0 Å². The molecule has 0 saturated carbocycles. The van der Waals surface area contributed by atoms with Gasteiger partial charge in [0.25, 0.3) is 0 Å². The van der Waals surface area contributed by atoms with E-state index in [1.165, 1.54) is 11.3 Å². The summed E-state index contributed by atoms with van der Waals surface area (Å²) in [6, 6.07) is 7.61. The molecule has 1 aliphatic heterocycles. The molecule has 1 aromatic carbocycles. The number of benzene rings is 1. The molecule has 112 valence electrons. The topological polar surface area (TPSA) is 50.3 Å². The summed E-state index contributed by atoms with van der Waals surface area (Å²) >= 11 is 1.53. The smallest absolute Gasteiger partial charge is 0.218 e. The first-order chi connectivity index (χ1) is 10.1. The Labute approximate surface area is 129 Å². The van der Waals surface area contributed by atoms with Crippen molar-refractivity contribution >= 4 is 21.4 Å². The molecule has 1 unspecified atom stereocenters. The van der Waals surface area contributed by atoms with Crippen LogP contribution in [0.4, 0.5) is 0 Å². The maximum Gasteiger partial charge on any atom is 0.218 e. The average Bonchev–Trinajstić information content (AvgIpc) is 3.09. The van der Waals surface area contributed by atoms with Crippen LogP contribution in [0.1, 0.15) is 35.0 Å². The van der Waals surface area contributed by atoms with Crippen LogP contribution in [0.3, 0.4) is 0 Å². The molecule has 0 aliphatic carbocycles. The Hall–Kier alpha value is -1.24. The van der Waals surface area contributed by atoms with Crippen molar-refractivity contribution in [2.45, 2.75) is 31.6 Å². The Balaban J connectivity index is 1.84. The molecule has 3 rings (SSSR count). The fraction of sp³-hybridized carbons (Fsp3) is 0.400. The van der Waals surface area contributed by atoms with Crippen LogP contribution >= 0.6 is 11.3 Å². The monoisotopic (exact) mass is 322 g/mol. The van der Waals surface area contributed by atoms with E-state index in [9.17, 15) is 8.42 Å². The first-order valence-corrected chi connectivity index (χ1v) is 9.49. The van der Waals surface area contributed by atoms with Gasteiger partial charge >= 0.3 is 0 Å². The Bertz CT molecular complexity index is 711. The lowest BCUT2D eigenvalue weighted by molar-refractivity contribution is 0.395. The van der Waals surface area contributed by atoms with Crippen LogP contribution in [0, 0.1) is 6.92 Å². The average molecular weight is 322 g/mol. The molecule has 1 saturated heterocycles. The van der Waals surface area contributed by atoms with Gasteiger partial charge in [-0.2, -0.15) is 4.31 Å². The first-order valence-electron chi connectivity index (χ1n) is 7.01. The SMILES string of the molecule is Cc1cccc(CS(=O)(=O)N2CCCC2c2nccs2)c1. The van der Waals surface area contributed by atoms with Gasteiger partial charge < -0.3 is 0 Å². The Morgan fingerprint density at radius 2 is 2.29 bits per heavy atom. The molecule has 1 atom stereocenters. The van der Waals surface area contributed by atoms with Crippen molar-refractivity contribution in [3.8, 4) is 0 Å². The Kier molecular flexibility index (Phi) is 4.10. The second-order valence-corrected chi connectivity index (χ2v) is 8.23. The third kappa shape index (κ3) is 3.17. The van der Waals surface area contributed by atoms with Crippen molar-refractivity contribution in [2.75, 3.05) is 6.54 Å². The fourth-order valence-electron chi connectivity index (χ4n) is 2.81. The predicted molar refractivity (Wildman–Crippen MR) is 84.6 cm³/mol. The summed E-state index contributed by atoms with van der Waals surface area (Å²) in [5, 5.41) is 2.80. The summed E-state index contributed by atoms with van der Waals surface area (Å²) < 4.78 is 27.1. The molecule has 0 spiro atoms. The summed E-state index contributed by atoms with van der Waals surface area (Å²) in [6.07, 6.45) is 3.50. The van der Waals surface area contributed by atoms with Crippen LogP contribution in [0.15, 0.2) is 35.8 Å². The third-order valence-corrected chi connectivity index (χ3v) is 6.46. The largest absolute Gasteiger partial charge is 0.248 e. The third-order valence-electron chi connectivity index (χ3n) is 3.73. The van der Waals surface area contributed by atoms with E-state index in [4.69, 9.17) is 0 Å². The second-order valence-electron chi connectivity index (χ2n) is 5.38. The lowest BCUT2D eigenvalue weighted by atomic mass is 10.2. The standard InChI is InChI=1S/C15H18N2O2S2/c1-12-4-2-5-13(10-12)11-21(18,19)17-8-3-6-14(17)15-16-7-9-20-15/h2,4-5,7,9-10,14H,3,6,8,11H2,1H3. The minimum Gasteiger partial charge on any atom is -0.248 e. The van der Waals surface area contributed by atoms with Gasteiger partial charge in [-0.3, -0.25) is 0 Å². The van der Waals surface area contributed by atoms with Crippen molar-refractivity contribution < 1.29 is 8.42 Å². The Morgan fingerprint density at radius 3 is 3.00 bits per heavy atom. The van der Waals surface area contributed by atoms with Crippen LogP contribution in [-0.2, 0) is 15.8 Å². The summed E-state index contributed by atoms with van der Waals surface area (Å²) in [4.78, 5) is 4.30. The molecule has 0 N–H and O–H groups in total. The highest BCUT2D eigenvalue weighted by Crippen LogP contribution is 2.36. The van der Waals surface area contributed by atoms with Crippen LogP contribution < -0.4 is 0 Å². The van der Waals surface area contributed by atoms with Gasteiger partial charge in [0.1, 0.15) is 5.01 Å². The van der Waals surface area contributed by atoms with E-state index in [2.05, 4.69) is 4.98 Å². The maximum absolute atomic E-state index is 12.7. The number of rotatable bonds is 4. The first kappa shape index (κ1) is 14.7. The minimum atomic E-state index is -3.31. The van der Waals surface area contributed by atoms with Gasteiger partial charge in [-0.15, -0.1) is 11.3 Å². The number of thiazole rings is 1. The summed E-state index contributed by atoms with van der Waals surface area (Å²) in [7, 11) is -3.31. The lowest BCUT2D eigenvalue weighted by Crippen LogP contribution is -2.31. The van der Waals surface area contributed by atoms with Gasteiger partial charge in [0.05, 0.1) is 11.8 Å². The molecule has 1 aliphatic rings. The van der Waals surface area contributed by atoms with Gasteiger partial charge in [-0.25, -0.2) is 13.4 Å². The van der Waals surface area contributed by atoms with E-state index in [-0.39, 0.29) is 11.8 Å². The lowest BCUT2D eigenvalue weighted by Gasteiger charge is -2.22. The number of aryl methyl sites for hydroxylation is 1. The summed E-state index contributed by atoms with van der Waals surface area (Å²) in [5.74, 6) is 0.0660. The molecule has 0 amide bonds. The van der Waals surface area contributed by atoms with E-state index < -0.39 is 10.0 Å². The van der Waals surface area contributed by atoms with Crippen molar-refractivity contribution in [3.05, 3.63) is 52.0 Å². The van der Waals surface area contributed by atoms with E-state index in [1.54, 1.807) is 10.5 Å². The minimum absolute atomic E-state index is 0.0660. The highest BCUT2D eigenvalue weighted by Gasteiger charge is 2.36. The molecule has 1 fully saturated rings. The van der Waals surface area contributed by atoms with Gasteiger partial charge in [-0.05, 0) is 25.3 Å².